The highest BCUT2D eigenvalue weighted by molar-refractivity contribution is 6.28. The van der Waals surface area contributed by atoms with Gasteiger partial charge < -0.3 is 9.47 Å². The number of benzene rings is 1. The fraction of sp³-hybridized carbons (Fsp3) is 0.389. The van der Waals surface area contributed by atoms with Crippen LogP contribution in [0.15, 0.2) is 36.4 Å². The van der Waals surface area contributed by atoms with E-state index in [2.05, 4.69) is 13.8 Å². The summed E-state index contributed by atoms with van der Waals surface area (Å²) in [5.74, 6) is -0.322. The molecule has 6 nitrogen and oxygen atoms in total. The first-order valence-corrected chi connectivity index (χ1v) is 7.92. The van der Waals surface area contributed by atoms with Crippen molar-refractivity contribution in [1.82, 2.24) is 0 Å². The van der Waals surface area contributed by atoms with Crippen LogP contribution in [0.4, 0.5) is 5.69 Å². The van der Waals surface area contributed by atoms with Gasteiger partial charge in [-0.1, -0.05) is 13.8 Å². The lowest BCUT2D eigenvalue weighted by atomic mass is 9.87. The lowest BCUT2D eigenvalue weighted by Crippen LogP contribution is -2.46. The van der Waals surface area contributed by atoms with Crippen molar-refractivity contribution in [1.29, 1.82) is 0 Å². The van der Waals surface area contributed by atoms with E-state index in [0.717, 1.165) is 4.90 Å². The molecule has 126 valence electrons. The quantitative estimate of drug-likeness (QED) is 0.610. The van der Waals surface area contributed by atoms with Crippen LogP contribution < -0.4 is 4.90 Å². The fourth-order valence-electron chi connectivity index (χ4n) is 2.78. The second-order valence-electron chi connectivity index (χ2n) is 6.27. The van der Waals surface area contributed by atoms with E-state index in [0.29, 0.717) is 29.7 Å². The predicted molar refractivity (Wildman–Crippen MR) is 86.4 cm³/mol. The molecule has 3 rings (SSSR count). The Balaban J connectivity index is 1.58. The van der Waals surface area contributed by atoms with Gasteiger partial charge in [0.2, 0.25) is 0 Å². The number of hydrogen-bond donors (Lipinski definition) is 0. The summed E-state index contributed by atoms with van der Waals surface area (Å²) in [5, 5.41) is 0. The molecular weight excluding hydrogens is 310 g/mol. The molecule has 0 aliphatic carbocycles. The minimum Gasteiger partial charge on any atom is -0.459 e. The smallest absolute Gasteiger partial charge is 0.338 e. The molecule has 1 aromatic rings. The number of nitrogens with zero attached hydrogens (tertiary/aromatic N) is 1. The molecule has 0 saturated carbocycles. The van der Waals surface area contributed by atoms with Crippen LogP contribution in [0.2, 0.25) is 0 Å². The average molecular weight is 329 g/mol. The van der Waals surface area contributed by atoms with Crippen LogP contribution in [-0.4, -0.2) is 37.1 Å². The van der Waals surface area contributed by atoms with Crippen LogP contribution in [0.3, 0.4) is 0 Å². The molecule has 0 spiro atoms. The Morgan fingerprint density at radius 3 is 2.33 bits per heavy atom. The SMILES string of the molecule is CC(C)C1COC1COC(=O)c1ccc(N2C(=O)C=CC2=O)cc1. The zero-order valence-electron chi connectivity index (χ0n) is 13.6. The Hall–Kier alpha value is -2.47. The van der Waals surface area contributed by atoms with Crippen molar-refractivity contribution in [3.8, 4) is 0 Å². The summed E-state index contributed by atoms with van der Waals surface area (Å²) >= 11 is 0. The van der Waals surface area contributed by atoms with Crippen LogP contribution >= 0.6 is 0 Å². The first-order valence-electron chi connectivity index (χ1n) is 7.92. The van der Waals surface area contributed by atoms with Gasteiger partial charge >= 0.3 is 5.97 Å². The van der Waals surface area contributed by atoms with Crippen LogP contribution in [-0.2, 0) is 19.1 Å². The Morgan fingerprint density at radius 2 is 1.83 bits per heavy atom. The normalized spacial score (nSPS) is 22.9. The summed E-state index contributed by atoms with van der Waals surface area (Å²) < 4.78 is 10.7. The Kier molecular flexibility index (Phi) is 4.49. The third-order valence-electron chi connectivity index (χ3n) is 4.39. The van der Waals surface area contributed by atoms with Gasteiger partial charge in [0.25, 0.3) is 11.8 Å². The lowest BCUT2D eigenvalue weighted by Gasteiger charge is -2.38. The molecule has 1 saturated heterocycles. The highest BCUT2D eigenvalue weighted by Gasteiger charge is 2.35. The number of rotatable bonds is 5. The molecule has 0 radical (unpaired) electrons. The van der Waals surface area contributed by atoms with Gasteiger partial charge in [-0.2, -0.15) is 0 Å². The maximum atomic E-state index is 12.1. The summed E-state index contributed by atoms with van der Waals surface area (Å²) in [6.07, 6.45) is 2.39. The number of esters is 1. The van der Waals surface area contributed by atoms with Gasteiger partial charge in [0.15, 0.2) is 0 Å². The van der Waals surface area contributed by atoms with E-state index in [1.807, 2.05) is 0 Å². The van der Waals surface area contributed by atoms with Crippen molar-refractivity contribution < 1.29 is 23.9 Å². The largest absolute Gasteiger partial charge is 0.459 e. The number of carbonyl (C=O) groups is 3. The minimum atomic E-state index is -0.447. The zero-order chi connectivity index (χ0) is 17.3. The van der Waals surface area contributed by atoms with E-state index in [4.69, 9.17) is 9.47 Å². The zero-order valence-corrected chi connectivity index (χ0v) is 13.6. The van der Waals surface area contributed by atoms with Crippen LogP contribution in [0.1, 0.15) is 24.2 Å². The van der Waals surface area contributed by atoms with E-state index in [1.54, 1.807) is 12.1 Å². The van der Waals surface area contributed by atoms with E-state index in [-0.39, 0.29) is 12.7 Å². The maximum Gasteiger partial charge on any atom is 0.338 e. The standard InChI is InChI=1S/C18H19NO5/c1-11(2)14-9-23-15(14)10-24-18(22)12-3-5-13(6-4-12)19-16(20)7-8-17(19)21/h3-8,11,14-15H,9-10H2,1-2H3. The van der Waals surface area contributed by atoms with Crippen LogP contribution in [0.25, 0.3) is 0 Å². The number of ether oxygens (including phenoxy) is 2. The predicted octanol–water partition coefficient (Wildman–Crippen LogP) is 1.94. The molecule has 2 amide bonds. The van der Waals surface area contributed by atoms with Gasteiger partial charge in [0.05, 0.1) is 24.0 Å². The van der Waals surface area contributed by atoms with Crippen molar-refractivity contribution in [2.45, 2.75) is 20.0 Å². The van der Waals surface area contributed by atoms with E-state index in [1.165, 1.54) is 24.3 Å². The molecule has 24 heavy (non-hydrogen) atoms. The average Bonchev–Trinajstić information content (AvgIpc) is 2.85. The van der Waals surface area contributed by atoms with Crippen LogP contribution in [0, 0.1) is 11.8 Å². The molecule has 2 heterocycles. The summed E-state index contributed by atoms with van der Waals surface area (Å²) in [4.78, 5) is 36.4. The molecule has 2 aliphatic rings. The number of anilines is 1. The first kappa shape index (κ1) is 16.4. The molecule has 6 heteroatoms. The Bertz CT molecular complexity index is 674. The second-order valence-corrected chi connectivity index (χ2v) is 6.27. The second kappa shape index (κ2) is 6.57. The maximum absolute atomic E-state index is 12.1. The summed E-state index contributed by atoms with van der Waals surface area (Å²) in [6.45, 7) is 5.18. The summed E-state index contributed by atoms with van der Waals surface area (Å²) in [7, 11) is 0. The topological polar surface area (TPSA) is 72.9 Å². The third-order valence-corrected chi connectivity index (χ3v) is 4.39. The highest BCUT2D eigenvalue weighted by atomic mass is 16.6. The molecule has 0 N–H and O–H groups in total. The van der Waals surface area contributed by atoms with Gasteiger partial charge in [-0.05, 0) is 30.2 Å². The molecule has 2 aliphatic heterocycles. The lowest BCUT2D eigenvalue weighted by molar-refractivity contribution is -0.152. The highest BCUT2D eigenvalue weighted by Crippen LogP contribution is 2.28. The van der Waals surface area contributed by atoms with E-state index < -0.39 is 17.8 Å². The van der Waals surface area contributed by atoms with Crippen molar-refractivity contribution in [2.24, 2.45) is 11.8 Å². The van der Waals surface area contributed by atoms with Crippen molar-refractivity contribution in [2.75, 3.05) is 18.1 Å². The van der Waals surface area contributed by atoms with Gasteiger partial charge in [-0.25, -0.2) is 9.69 Å². The van der Waals surface area contributed by atoms with E-state index in [9.17, 15) is 14.4 Å². The van der Waals surface area contributed by atoms with Gasteiger partial charge in [0.1, 0.15) is 6.61 Å². The molecule has 1 aromatic carbocycles. The minimum absolute atomic E-state index is 0.0425. The fourth-order valence-corrected chi connectivity index (χ4v) is 2.78. The molecular formula is C18H19NO5. The summed E-state index contributed by atoms with van der Waals surface area (Å²) in [5.41, 5.74) is 0.792. The number of imide groups is 1. The van der Waals surface area contributed by atoms with Gasteiger partial charge in [-0.3, -0.25) is 9.59 Å². The summed E-state index contributed by atoms with van der Waals surface area (Å²) in [6, 6.07) is 6.18. The van der Waals surface area contributed by atoms with Crippen LogP contribution in [0.5, 0.6) is 0 Å². The van der Waals surface area contributed by atoms with Crippen molar-refractivity contribution >= 4 is 23.5 Å². The first-order chi connectivity index (χ1) is 11.5. The third kappa shape index (κ3) is 3.10. The van der Waals surface area contributed by atoms with Gasteiger partial charge in [0, 0.05) is 18.1 Å². The number of hydrogen-bond acceptors (Lipinski definition) is 5. The Labute approximate surface area is 140 Å². The molecule has 2 unspecified atom stereocenters. The van der Waals surface area contributed by atoms with E-state index >= 15 is 0 Å². The molecule has 1 fully saturated rings. The van der Waals surface area contributed by atoms with Gasteiger partial charge in [-0.15, -0.1) is 0 Å². The number of carbonyl (C=O) groups excluding carboxylic acids is 3. The van der Waals surface area contributed by atoms with Crippen molar-refractivity contribution in [3.63, 3.8) is 0 Å². The Morgan fingerprint density at radius 1 is 1.21 bits per heavy atom. The molecule has 0 aromatic heterocycles. The van der Waals surface area contributed by atoms with Crippen molar-refractivity contribution in [3.05, 3.63) is 42.0 Å². The number of amides is 2. The molecule has 0 bridgehead atoms. The monoisotopic (exact) mass is 329 g/mol. The molecule has 2 atom stereocenters.